The summed E-state index contributed by atoms with van der Waals surface area (Å²) in [5.74, 6) is 5.67. The van der Waals surface area contributed by atoms with E-state index in [1.807, 2.05) is 0 Å². The largest absolute Gasteiger partial charge is 0.374 e. The van der Waals surface area contributed by atoms with Gasteiger partial charge in [-0.25, -0.2) is 0 Å². The van der Waals surface area contributed by atoms with Crippen LogP contribution in [-0.4, -0.2) is 16.5 Å². The molecule has 1 heterocycles. The van der Waals surface area contributed by atoms with Crippen LogP contribution in [0.2, 0.25) is 0 Å². The van der Waals surface area contributed by atoms with Gasteiger partial charge in [0.05, 0.1) is 16.9 Å². The van der Waals surface area contributed by atoms with Crippen LogP contribution in [0.5, 0.6) is 0 Å². The summed E-state index contributed by atoms with van der Waals surface area (Å²) in [6, 6.07) is 4.92. The number of pyridine rings is 1. The molecule has 0 saturated heterocycles. The summed E-state index contributed by atoms with van der Waals surface area (Å²) < 4.78 is 0. The summed E-state index contributed by atoms with van der Waals surface area (Å²) in [6.07, 6.45) is 3.12. The first-order valence-corrected chi connectivity index (χ1v) is 5.38. The number of nitro groups is 1. The summed E-state index contributed by atoms with van der Waals surface area (Å²) in [6.45, 7) is 2.27. The second kappa shape index (κ2) is 5.15. The van der Waals surface area contributed by atoms with Gasteiger partial charge in [-0.3, -0.25) is 15.1 Å². The Hall–Kier alpha value is -2.61. The highest BCUT2D eigenvalue weighted by Crippen LogP contribution is 2.30. The summed E-state index contributed by atoms with van der Waals surface area (Å²) >= 11 is 0. The van der Waals surface area contributed by atoms with E-state index in [4.69, 9.17) is 0 Å². The minimum Gasteiger partial charge on any atom is -0.374 e. The second-order valence-corrected chi connectivity index (χ2v) is 3.59. The maximum atomic E-state index is 10.9. The summed E-state index contributed by atoms with van der Waals surface area (Å²) in [5, 5.41) is 15.4. The predicted molar refractivity (Wildman–Crippen MR) is 70.3 cm³/mol. The number of nitro benzene ring substituents is 1. The van der Waals surface area contributed by atoms with Crippen molar-refractivity contribution in [2.75, 3.05) is 11.9 Å². The third-order valence-corrected chi connectivity index (χ3v) is 2.54. The normalized spacial score (nSPS) is 9.61. The Morgan fingerprint density at radius 1 is 1.39 bits per heavy atom. The molecule has 0 amide bonds. The van der Waals surface area contributed by atoms with Gasteiger partial charge in [0.1, 0.15) is 0 Å². The molecule has 5 nitrogen and oxygen atoms in total. The Balaban J connectivity index is 2.52. The molecule has 2 rings (SSSR count). The number of rotatable bonds is 3. The molecule has 1 aromatic carbocycles. The molecule has 0 fully saturated rings. The number of nitrogens with zero attached hydrogens (tertiary/aromatic N) is 2. The van der Waals surface area contributed by atoms with Crippen LogP contribution in [0.25, 0.3) is 10.8 Å². The SMILES string of the molecule is CC#CCNc1ccc([N+](=O)[O-])c2cnccc12. The molecule has 0 atom stereocenters. The first-order valence-electron chi connectivity index (χ1n) is 5.38. The molecule has 0 aliphatic rings. The van der Waals surface area contributed by atoms with Gasteiger partial charge in [0, 0.05) is 29.5 Å². The molecule has 18 heavy (non-hydrogen) atoms. The molecule has 0 unspecified atom stereocenters. The number of fused-ring (bicyclic) bond motifs is 1. The van der Waals surface area contributed by atoms with E-state index in [9.17, 15) is 10.1 Å². The molecule has 0 aliphatic heterocycles. The molecule has 0 radical (unpaired) electrons. The van der Waals surface area contributed by atoms with Crippen molar-refractivity contribution in [3.63, 3.8) is 0 Å². The van der Waals surface area contributed by atoms with Crippen molar-refractivity contribution in [3.8, 4) is 11.8 Å². The predicted octanol–water partition coefficient (Wildman–Crippen LogP) is 2.58. The number of non-ortho nitro benzene ring substituents is 1. The highest BCUT2D eigenvalue weighted by Gasteiger charge is 2.13. The average molecular weight is 241 g/mol. The van der Waals surface area contributed by atoms with Crippen LogP contribution in [0.3, 0.4) is 0 Å². The Kier molecular flexibility index (Phi) is 3.39. The zero-order valence-corrected chi connectivity index (χ0v) is 9.80. The smallest absolute Gasteiger partial charge is 0.278 e. The standard InChI is InChI=1S/C13H11N3O2/c1-2-3-7-15-12-4-5-13(16(17)18)11-9-14-8-6-10(11)12/h4-6,8-9,15H,7H2,1H3. The lowest BCUT2D eigenvalue weighted by Crippen LogP contribution is -2.00. The van der Waals surface area contributed by atoms with Gasteiger partial charge in [-0.2, -0.15) is 0 Å². The Morgan fingerprint density at radius 2 is 2.22 bits per heavy atom. The third-order valence-electron chi connectivity index (χ3n) is 2.54. The third kappa shape index (κ3) is 2.23. The summed E-state index contributed by atoms with van der Waals surface area (Å²) in [7, 11) is 0. The molecule has 1 N–H and O–H groups in total. The van der Waals surface area contributed by atoms with Crippen LogP contribution in [0.4, 0.5) is 11.4 Å². The first-order chi connectivity index (χ1) is 8.74. The van der Waals surface area contributed by atoms with Gasteiger partial charge in [-0.1, -0.05) is 5.92 Å². The van der Waals surface area contributed by atoms with Crippen LogP contribution in [0.1, 0.15) is 6.92 Å². The summed E-state index contributed by atoms with van der Waals surface area (Å²) in [5.41, 5.74) is 0.881. The van der Waals surface area contributed by atoms with E-state index in [1.165, 1.54) is 12.3 Å². The van der Waals surface area contributed by atoms with Gasteiger partial charge in [-0.15, -0.1) is 5.92 Å². The van der Waals surface area contributed by atoms with E-state index in [-0.39, 0.29) is 5.69 Å². The van der Waals surface area contributed by atoms with Crippen LogP contribution in [0.15, 0.2) is 30.6 Å². The molecule has 5 heteroatoms. The van der Waals surface area contributed by atoms with Crippen molar-refractivity contribution in [1.82, 2.24) is 4.98 Å². The van der Waals surface area contributed by atoms with Crippen molar-refractivity contribution in [2.45, 2.75) is 6.92 Å². The number of aromatic nitrogens is 1. The molecule has 1 aromatic heterocycles. The maximum Gasteiger partial charge on any atom is 0.278 e. The van der Waals surface area contributed by atoms with Crippen molar-refractivity contribution in [2.24, 2.45) is 0 Å². The fraction of sp³-hybridized carbons (Fsp3) is 0.154. The Labute approximate surface area is 104 Å². The fourth-order valence-corrected chi connectivity index (χ4v) is 1.72. The monoisotopic (exact) mass is 241 g/mol. The zero-order valence-electron chi connectivity index (χ0n) is 9.80. The Bertz CT molecular complexity index is 656. The molecule has 90 valence electrons. The lowest BCUT2D eigenvalue weighted by molar-refractivity contribution is -0.383. The van der Waals surface area contributed by atoms with Gasteiger partial charge in [0.15, 0.2) is 0 Å². The second-order valence-electron chi connectivity index (χ2n) is 3.59. The van der Waals surface area contributed by atoms with E-state index in [1.54, 1.807) is 25.3 Å². The molecule has 2 aromatic rings. The molecule has 0 spiro atoms. The highest BCUT2D eigenvalue weighted by atomic mass is 16.6. The van der Waals surface area contributed by atoms with Crippen LogP contribution in [-0.2, 0) is 0 Å². The molecule has 0 saturated carbocycles. The number of hydrogen-bond acceptors (Lipinski definition) is 4. The molecule has 0 aliphatic carbocycles. The fourth-order valence-electron chi connectivity index (χ4n) is 1.72. The van der Waals surface area contributed by atoms with Crippen LogP contribution in [0, 0.1) is 22.0 Å². The van der Waals surface area contributed by atoms with Crippen molar-refractivity contribution < 1.29 is 4.92 Å². The summed E-state index contributed by atoms with van der Waals surface area (Å²) in [4.78, 5) is 14.5. The lowest BCUT2D eigenvalue weighted by Gasteiger charge is -2.07. The maximum absolute atomic E-state index is 10.9. The van der Waals surface area contributed by atoms with E-state index in [0.29, 0.717) is 11.9 Å². The number of hydrogen-bond donors (Lipinski definition) is 1. The number of benzene rings is 1. The van der Waals surface area contributed by atoms with Gasteiger partial charge < -0.3 is 5.32 Å². The minimum absolute atomic E-state index is 0.0604. The average Bonchev–Trinajstić information content (AvgIpc) is 2.38. The number of nitrogens with one attached hydrogen (secondary N) is 1. The zero-order chi connectivity index (χ0) is 13.0. The van der Waals surface area contributed by atoms with E-state index < -0.39 is 4.92 Å². The topological polar surface area (TPSA) is 68.1 Å². The van der Waals surface area contributed by atoms with E-state index >= 15 is 0 Å². The Morgan fingerprint density at radius 3 is 2.94 bits per heavy atom. The number of anilines is 1. The molecule has 0 bridgehead atoms. The van der Waals surface area contributed by atoms with Crippen molar-refractivity contribution in [1.29, 1.82) is 0 Å². The lowest BCUT2D eigenvalue weighted by atomic mass is 10.1. The van der Waals surface area contributed by atoms with Gasteiger partial charge >= 0.3 is 0 Å². The minimum atomic E-state index is -0.403. The van der Waals surface area contributed by atoms with E-state index in [2.05, 4.69) is 22.1 Å². The quantitative estimate of drug-likeness (QED) is 0.509. The van der Waals surface area contributed by atoms with E-state index in [0.717, 1.165) is 11.1 Å². The highest BCUT2D eigenvalue weighted by molar-refractivity contribution is 5.99. The molecular formula is C13H11N3O2. The van der Waals surface area contributed by atoms with Crippen LogP contribution >= 0.6 is 0 Å². The van der Waals surface area contributed by atoms with Crippen molar-refractivity contribution in [3.05, 3.63) is 40.7 Å². The molecular weight excluding hydrogens is 230 g/mol. The van der Waals surface area contributed by atoms with Crippen LogP contribution < -0.4 is 5.32 Å². The van der Waals surface area contributed by atoms with Gasteiger partial charge in [0.25, 0.3) is 5.69 Å². The van der Waals surface area contributed by atoms with Crippen molar-refractivity contribution >= 4 is 22.1 Å². The van der Waals surface area contributed by atoms with Gasteiger partial charge in [0.2, 0.25) is 0 Å². The first kappa shape index (κ1) is 11.9. The van der Waals surface area contributed by atoms with Gasteiger partial charge in [-0.05, 0) is 19.1 Å².